The molecule has 1 unspecified atom stereocenters. The van der Waals surface area contributed by atoms with Gasteiger partial charge in [0.2, 0.25) is 10.0 Å². The summed E-state index contributed by atoms with van der Waals surface area (Å²) in [7, 11) is -0.248. The van der Waals surface area contributed by atoms with Crippen LogP contribution in [0, 0.1) is 23.1 Å². The summed E-state index contributed by atoms with van der Waals surface area (Å²) in [6.45, 7) is 0.905. The van der Waals surface area contributed by atoms with Gasteiger partial charge in [0.05, 0.1) is 22.1 Å². The molecule has 284 valence electrons. The first-order valence-electron chi connectivity index (χ1n) is 17.0. The zero-order valence-electron chi connectivity index (χ0n) is 29.5. The molecule has 0 aliphatic carbocycles. The largest absolute Gasteiger partial charge is 0.417 e. The number of hydrogen-bond donors (Lipinski definition) is 3. The minimum absolute atomic E-state index is 0.0101. The normalized spacial score (nSPS) is 15.3. The molecule has 1 atom stereocenters. The summed E-state index contributed by atoms with van der Waals surface area (Å²) in [6.07, 6.45) is -5.17. The van der Waals surface area contributed by atoms with E-state index >= 15 is 0 Å². The zero-order valence-corrected chi connectivity index (χ0v) is 30.3. The number of nitrogens with one attached hydrogen (secondary N) is 2. The summed E-state index contributed by atoms with van der Waals surface area (Å²) in [5, 5.41) is 26.8. The lowest BCUT2D eigenvalue weighted by Gasteiger charge is -2.40. The second-order valence-electron chi connectivity index (χ2n) is 13.4. The Morgan fingerprint density at radius 2 is 1.59 bits per heavy atom. The molecule has 0 radical (unpaired) electrons. The van der Waals surface area contributed by atoms with Crippen LogP contribution < -0.4 is 10.6 Å². The molecule has 1 aliphatic heterocycles. The minimum atomic E-state index is -4.89. The molecule has 4 aromatic rings. The number of rotatable bonds is 12. The van der Waals surface area contributed by atoms with E-state index in [9.17, 15) is 45.9 Å². The number of likely N-dealkylation sites (N-methyl/N-ethyl adjacent to an activating group) is 1. The van der Waals surface area contributed by atoms with Crippen molar-refractivity contribution in [3.05, 3.63) is 119 Å². The Balaban J connectivity index is 1.44. The number of nitriles is 1. The van der Waals surface area contributed by atoms with Gasteiger partial charge in [0.25, 0.3) is 11.8 Å². The van der Waals surface area contributed by atoms with Gasteiger partial charge in [0.15, 0.2) is 0 Å². The van der Waals surface area contributed by atoms with Gasteiger partial charge in [0, 0.05) is 43.9 Å². The average molecular weight is 766 g/mol. The third kappa shape index (κ3) is 9.31. The molecule has 0 bridgehead atoms. The Morgan fingerprint density at radius 1 is 0.944 bits per heavy atom. The van der Waals surface area contributed by atoms with Gasteiger partial charge in [-0.05, 0) is 104 Å². The van der Waals surface area contributed by atoms with Crippen LogP contribution in [0.15, 0.2) is 95.9 Å². The quantitative estimate of drug-likeness (QED) is 0.158. The van der Waals surface area contributed by atoms with E-state index < -0.39 is 50.6 Å². The summed E-state index contributed by atoms with van der Waals surface area (Å²) in [4.78, 5) is 28.7. The fraction of sp³-hybridized carbons (Fsp3) is 0.308. The molecule has 1 fully saturated rings. The van der Waals surface area contributed by atoms with Crippen LogP contribution in [0.25, 0.3) is 11.1 Å². The van der Waals surface area contributed by atoms with Crippen LogP contribution in [0.1, 0.15) is 39.9 Å². The SMILES string of the molecule is CN(C)CCNC(=O)c1cccc(-c2cccc(CC(O)(C(=O)Nc3ccc(C#N)c(C(F)(F)F)c3)C3CCN(S(=O)(=O)c4ccc(F)cc4)CC3)c2)c1. The Labute approximate surface area is 311 Å². The van der Waals surface area contributed by atoms with E-state index in [1.807, 2.05) is 19.0 Å². The van der Waals surface area contributed by atoms with Gasteiger partial charge in [-0.2, -0.15) is 22.7 Å². The Morgan fingerprint density at radius 3 is 2.22 bits per heavy atom. The fourth-order valence-electron chi connectivity index (χ4n) is 6.44. The summed E-state index contributed by atoms with van der Waals surface area (Å²) in [6, 6.07) is 22.4. The van der Waals surface area contributed by atoms with Gasteiger partial charge < -0.3 is 20.6 Å². The molecule has 15 heteroatoms. The van der Waals surface area contributed by atoms with Crippen LogP contribution in [0.5, 0.6) is 0 Å². The zero-order chi connectivity index (χ0) is 39.3. The topological polar surface area (TPSA) is 143 Å². The van der Waals surface area contributed by atoms with E-state index in [2.05, 4.69) is 10.6 Å². The molecule has 1 aliphatic rings. The van der Waals surface area contributed by atoms with E-state index in [4.69, 9.17) is 0 Å². The van der Waals surface area contributed by atoms with Crippen LogP contribution in [0.3, 0.4) is 0 Å². The van der Waals surface area contributed by atoms with Crippen LogP contribution >= 0.6 is 0 Å². The molecular formula is C39H39F4N5O5S. The van der Waals surface area contributed by atoms with Crippen molar-refractivity contribution in [2.24, 2.45) is 5.92 Å². The van der Waals surface area contributed by atoms with E-state index in [0.717, 1.165) is 36.4 Å². The van der Waals surface area contributed by atoms with Crippen LogP contribution in [-0.2, 0) is 27.4 Å². The summed E-state index contributed by atoms with van der Waals surface area (Å²) >= 11 is 0. The molecule has 3 N–H and O–H groups in total. The van der Waals surface area contributed by atoms with Crippen LogP contribution in [0.4, 0.5) is 23.2 Å². The first-order chi connectivity index (χ1) is 25.5. The Bertz CT molecular complexity index is 2150. The highest BCUT2D eigenvalue weighted by Gasteiger charge is 2.46. The number of sulfonamides is 1. The van der Waals surface area contributed by atoms with Crippen molar-refractivity contribution >= 4 is 27.5 Å². The number of halogens is 4. The second kappa shape index (κ2) is 16.5. The number of piperidine rings is 1. The molecule has 2 amide bonds. The minimum Gasteiger partial charge on any atom is -0.379 e. The summed E-state index contributed by atoms with van der Waals surface area (Å²) < 4.78 is 82.6. The van der Waals surface area contributed by atoms with Crippen LogP contribution in [0.2, 0.25) is 0 Å². The van der Waals surface area contributed by atoms with Gasteiger partial charge >= 0.3 is 6.18 Å². The maximum Gasteiger partial charge on any atom is 0.417 e. The number of carbonyl (C=O) groups excluding carboxylic acids is 2. The monoisotopic (exact) mass is 765 g/mol. The lowest BCUT2D eigenvalue weighted by Crippen LogP contribution is -2.54. The number of carbonyl (C=O) groups is 2. The van der Waals surface area contributed by atoms with Crippen molar-refractivity contribution in [3.63, 3.8) is 0 Å². The highest BCUT2D eigenvalue weighted by Crippen LogP contribution is 2.37. The van der Waals surface area contributed by atoms with Crippen molar-refractivity contribution < 1.29 is 40.7 Å². The molecule has 0 saturated carbocycles. The summed E-state index contributed by atoms with van der Waals surface area (Å²) in [5.74, 6) is -2.73. The van der Waals surface area contributed by atoms with Crippen molar-refractivity contribution in [1.29, 1.82) is 5.26 Å². The first-order valence-corrected chi connectivity index (χ1v) is 18.5. The third-order valence-corrected chi connectivity index (χ3v) is 11.3. The predicted molar refractivity (Wildman–Crippen MR) is 194 cm³/mol. The van der Waals surface area contributed by atoms with Crippen LogP contribution in [-0.4, -0.2) is 80.4 Å². The van der Waals surface area contributed by atoms with Gasteiger partial charge in [-0.1, -0.05) is 36.4 Å². The lowest BCUT2D eigenvalue weighted by atomic mass is 9.76. The fourth-order valence-corrected chi connectivity index (χ4v) is 7.91. The Hall–Kier alpha value is -5.14. The predicted octanol–water partition coefficient (Wildman–Crippen LogP) is 5.69. The van der Waals surface area contributed by atoms with Crippen molar-refractivity contribution in [3.8, 4) is 17.2 Å². The van der Waals surface area contributed by atoms with Crippen molar-refractivity contribution in [1.82, 2.24) is 14.5 Å². The number of nitrogens with zero attached hydrogens (tertiary/aromatic N) is 3. The van der Waals surface area contributed by atoms with Crippen molar-refractivity contribution in [2.75, 3.05) is 45.6 Å². The molecule has 10 nitrogen and oxygen atoms in total. The van der Waals surface area contributed by atoms with Crippen molar-refractivity contribution in [2.45, 2.75) is 35.9 Å². The third-order valence-electron chi connectivity index (χ3n) is 9.38. The van der Waals surface area contributed by atoms with Gasteiger partial charge in [-0.3, -0.25) is 9.59 Å². The highest BCUT2D eigenvalue weighted by atomic mass is 32.2. The second-order valence-corrected chi connectivity index (χ2v) is 15.3. The standard InChI is InChI=1S/C39H39F4N5O5S/c1-47(2)20-17-45-36(49)29-8-4-7-28(22-29)27-6-3-5-26(21-27)24-38(51,37(50)46-33-12-9-30(25-44)35(23-33)39(41,42)43)31-15-18-48(19-16-31)54(52,53)34-13-10-32(40)11-14-34/h3-14,21-23,31,51H,15-20,24H2,1-2H3,(H,45,49)(H,46,50). The lowest BCUT2D eigenvalue weighted by molar-refractivity contribution is -0.142. The molecule has 0 spiro atoms. The number of benzene rings is 4. The highest BCUT2D eigenvalue weighted by molar-refractivity contribution is 7.89. The smallest absolute Gasteiger partial charge is 0.379 e. The molecule has 1 saturated heterocycles. The number of hydrogen-bond acceptors (Lipinski definition) is 7. The first kappa shape index (κ1) is 40.1. The maximum absolute atomic E-state index is 14.1. The van der Waals surface area contributed by atoms with E-state index in [0.29, 0.717) is 41.4 Å². The molecule has 5 rings (SSSR count). The summed E-state index contributed by atoms with van der Waals surface area (Å²) in [5.41, 5.74) is -2.18. The van der Waals surface area contributed by atoms with Gasteiger partial charge in [0.1, 0.15) is 11.4 Å². The molecule has 1 heterocycles. The molecule has 4 aromatic carbocycles. The number of aliphatic hydroxyl groups is 1. The number of amides is 2. The van der Waals surface area contributed by atoms with Gasteiger partial charge in [-0.25, -0.2) is 12.8 Å². The molecular weight excluding hydrogens is 727 g/mol. The van der Waals surface area contributed by atoms with E-state index in [-0.39, 0.29) is 48.8 Å². The average Bonchev–Trinajstić information content (AvgIpc) is 3.14. The number of anilines is 1. The van der Waals surface area contributed by atoms with E-state index in [1.165, 1.54) is 10.4 Å². The van der Waals surface area contributed by atoms with Gasteiger partial charge in [-0.15, -0.1) is 0 Å². The molecule has 0 aromatic heterocycles. The maximum atomic E-state index is 14.1. The van der Waals surface area contributed by atoms with E-state index in [1.54, 1.807) is 48.5 Å². The Kier molecular flexibility index (Phi) is 12.2. The molecule has 54 heavy (non-hydrogen) atoms. The number of alkyl halides is 3.